The zero-order chi connectivity index (χ0) is 19.1. The highest BCUT2D eigenvalue weighted by molar-refractivity contribution is 6.99. The van der Waals surface area contributed by atoms with Gasteiger partial charge in [0.15, 0.2) is 0 Å². The van der Waals surface area contributed by atoms with E-state index in [-0.39, 0.29) is 5.04 Å². The van der Waals surface area contributed by atoms with Crippen LogP contribution in [0.3, 0.4) is 0 Å². The molecule has 4 atom stereocenters. The molecule has 2 aliphatic rings. The van der Waals surface area contributed by atoms with Crippen molar-refractivity contribution in [2.75, 3.05) is 13.2 Å². The van der Waals surface area contributed by atoms with Crippen molar-refractivity contribution in [3.05, 3.63) is 60.7 Å². The third kappa shape index (κ3) is 3.30. The van der Waals surface area contributed by atoms with Crippen LogP contribution in [-0.4, -0.2) is 26.6 Å². The van der Waals surface area contributed by atoms with Gasteiger partial charge >= 0.3 is 0 Å². The predicted octanol–water partition coefficient (Wildman–Crippen LogP) is 3.83. The van der Waals surface area contributed by atoms with Crippen LogP contribution in [0.1, 0.15) is 33.6 Å². The second-order valence-corrected chi connectivity index (χ2v) is 13.8. The third-order valence-electron chi connectivity index (χ3n) is 6.88. The van der Waals surface area contributed by atoms with E-state index in [9.17, 15) is 5.11 Å². The number of hydrogen-bond acceptors (Lipinski definition) is 2. The van der Waals surface area contributed by atoms with E-state index in [1.807, 2.05) is 0 Å². The smallest absolute Gasteiger partial charge is 0.261 e. The number of hydrogen-bond donors (Lipinski definition) is 1. The van der Waals surface area contributed by atoms with Gasteiger partial charge in [-0.05, 0) is 51.9 Å². The van der Waals surface area contributed by atoms with Gasteiger partial charge in [-0.15, -0.1) is 0 Å². The standard InChI is InChI=1S/C24H32O2Si/c1-24(2,3)27(20-10-6-4-7-11-20,21-12-8-5-9-13-21)26-17-23-19(16-25)14-18-15-22(18)23/h4-13,18-19,22-23,25H,14-17H2,1-3H3/t18?,19-,22?,23-/m0/s1. The fourth-order valence-corrected chi connectivity index (χ4v) is 10.0. The molecule has 3 heteroatoms. The summed E-state index contributed by atoms with van der Waals surface area (Å²) < 4.78 is 7.11. The minimum absolute atomic E-state index is 0.0198. The number of rotatable bonds is 6. The van der Waals surface area contributed by atoms with Crippen LogP contribution in [0.25, 0.3) is 0 Å². The molecule has 2 aliphatic carbocycles. The van der Waals surface area contributed by atoms with Crippen LogP contribution in [0.2, 0.25) is 5.04 Å². The van der Waals surface area contributed by atoms with Crippen LogP contribution in [0.15, 0.2) is 60.7 Å². The lowest BCUT2D eigenvalue weighted by atomic mass is 9.93. The van der Waals surface area contributed by atoms with Crippen LogP contribution < -0.4 is 10.4 Å². The molecule has 0 aromatic heterocycles. The van der Waals surface area contributed by atoms with Gasteiger partial charge in [0.25, 0.3) is 8.32 Å². The molecule has 0 heterocycles. The largest absolute Gasteiger partial charge is 0.407 e. The highest BCUT2D eigenvalue weighted by Gasteiger charge is 2.55. The predicted molar refractivity (Wildman–Crippen MR) is 114 cm³/mol. The first-order valence-electron chi connectivity index (χ1n) is 10.3. The van der Waals surface area contributed by atoms with Gasteiger partial charge in [-0.1, -0.05) is 81.4 Å². The molecule has 2 aromatic carbocycles. The summed E-state index contributed by atoms with van der Waals surface area (Å²) in [5, 5.41) is 12.6. The maximum atomic E-state index is 9.85. The van der Waals surface area contributed by atoms with Crippen molar-refractivity contribution in [2.45, 2.75) is 38.7 Å². The lowest BCUT2D eigenvalue weighted by Gasteiger charge is -2.44. The highest BCUT2D eigenvalue weighted by atomic mass is 28.4. The maximum Gasteiger partial charge on any atom is 0.261 e. The van der Waals surface area contributed by atoms with Gasteiger partial charge in [0.2, 0.25) is 0 Å². The summed E-state index contributed by atoms with van der Waals surface area (Å²) >= 11 is 0. The van der Waals surface area contributed by atoms with E-state index < -0.39 is 8.32 Å². The molecular formula is C24H32O2Si. The van der Waals surface area contributed by atoms with Crippen LogP contribution >= 0.6 is 0 Å². The van der Waals surface area contributed by atoms with Gasteiger partial charge in [-0.2, -0.15) is 0 Å². The minimum atomic E-state index is -2.45. The quantitative estimate of drug-likeness (QED) is 0.772. The van der Waals surface area contributed by atoms with Crippen LogP contribution in [-0.2, 0) is 4.43 Å². The molecule has 0 aliphatic heterocycles. The number of benzene rings is 2. The molecule has 4 rings (SSSR count). The summed E-state index contributed by atoms with van der Waals surface area (Å²) in [6, 6.07) is 21.7. The Balaban J connectivity index is 1.73. The molecule has 0 saturated heterocycles. The molecule has 2 nitrogen and oxygen atoms in total. The summed E-state index contributed by atoms with van der Waals surface area (Å²) in [7, 11) is -2.45. The fourth-order valence-electron chi connectivity index (χ4n) is 5.43. The topological polar surface area (TPSA) is 29.5 Å². The molecule has 0 amide bonds. The lowest BCUT2D eigenvalue weighted by molar-refractivity contribution is 0.129. The number of fused-ring (bicyclic) bond motifs is 1. The van der Waals surface area contributed by atoms with E-state index in [1.165, 1.54) is 23.2 Å². The lowest BCUT2D eigenvalue weighted by Crippen LogP contribution is -2.67. The first-order valence-corrected chi connectivity index (χ1v) is 12.2. The monoisotopic (exact) mass is 380 g/mol. The summed E-state index contributed by atoms with van der Waals surface area (Å²) in [4.78, 5) is 0. The van der Waals surface area contributed by atoms with Gasteiger partial charge < -0.3 is 9.53 Å². The fraction of sp³-hybridized carbons (Fsp3) is 0.500. The molecular weight excluding hydrogens is 348 g/mol. The average molecular weight is 381 g/mol. The Hall–Kier alpha value is -1.42. The van der Waals surface area contributed by atoms with E-state index in [0.29, 0.717) is 18.4 Å². The first kappa shape index (κ1) is 18.9. The normalized spacial score (nSPS) is 27.4. The van der Waals surface area contributed by atoms with E-state index in [2.05, 4.69) is 81.4 Å². The summed E-state index contributed by atoms with van der Waals surface area (Å²) in [6.45, 7) is 8.08. The number of aliphatic hydroxyl groups is 1. The molecule has 2 unspecified atom stereocenters. The second kappa shape index (κ2) is 7.19. The van der Waals surface area contributed by atoms with Crippen molar-refractivity contribution in [1.29, 1.82) is 0 Å². The maximum absolute atomic E-state index is 9.85. The van der Waals surface area contributed by atoms with Gasteiger partial charge in [0.05, 0.1) is 0 Å². The van der Waals surface area contributed by atoms with Crippen molar-refractivity contribution in [2.24, 2.45) is 23.7 Å². The number of aliphatic hydroxyl groups excluding tert-OH is 1. The third-order valence-corrected chi connectivity index (χ3v) is 11.9. The molecule has 0 spiro atoms. The Morgan fingerprint density at radius 2 is 1.48 bits per heavy atom. The summed E-state index contributed by atoms with van der Waals surface area (Å²) in [6.07, 6.45) is 2.53. The molecule has 144 valence electrons. The summed E-state index contributed by atoms with van der Waals surface area (Å²) in [5.74, 6) is 2.56. The zero-order valence-electron chi connectivity index (χ0n) is 16.8. The van der Waals surface area contributed by atoms with E-state index in [4.69, 9.17) is 4.43 Å². The average Bonchev–Trinajstić information content (AvgIpc) is 3.35. The second-order valence-electron chi connectivity index (χ2n) is 9.48. The van der Waals surface area contributed by atoms with E-state index in [1.54, 1.807) is 0 Å². The molecule has 27 heavy (non-hydrogen) atoms. The van der Waals surface area contributed by atoms with Crippen LogP contribution in [0.4, 0.5) is 0 Å². The Kier molecular flexibility index (Phi) is 5.04. The molecule has 0 bridgehead atoms. The molecule has 1 N–H and O–H groups in total. The van der Waals surface area contributed by atoms with Crippen molar-refractivity contribution in [1.82, 2.24) is 0 Å². The Labute approximate surface area is 164 Å². The van der Waals surface area contributed by atoms with Gasteiger partial charge in [-0.25, -0.2) is 0 Å². The molecule has 2 aromatic rings. The molecule has 2 saturated carbocycles. The van der Waals surface area contributed by atoms with E-state index >= 15 is 0 Å². The minimum Gasteiger partial charge on any atom is -0.407 e. The zero-order valence-corrected chi connectivity index (χ0v) is 17.8. The van der Waals surface area contributed by atoms with Crippen LogP contribution in [0.5, 0.6) is 0 Å². The Bertz CT molecular complexity index is 713. The van der Waals surface area contributed by atoms with Crippen molar-refractivity contribution >= 4 is 18.7 Å². The Morgan fingerprint density at radius 1 is 0.926 bits per heavy atom. The molecule has 2 fully saturated rings. The SMILES string of the molecule is CC(C)(C)[Si](OC[C@@H]1C2CC2C[C@H]1CO)(c1ccccc1)c1ccccc1. The highest BCUT2D eigenvalue weighted by Crippen LogP contribution is 2.58. The van der Waals surface area contributed by atoms with Crippen LogP contribution in [0, 0.1) is 23.7 Å². The van der Waals surface area contributed by atoms with Gasteiger partial charge in [0, 0.05) is 13.2 Å². The summed E-state index contributed by atoms with van der Waals surface area (Å²) in [5.41, 5.74) is 0. The molecule has 0 radical (unpaired) electrons. The van der Waals surface area contributed by atoms with Crippen molar-refractivity contribution in [3.63, 3.8) is 0 Å². The Morgan fingerprint density at radius 3 is 1.96 bits per heavy atom. The first-order chi connectivity index (χ1) is 13.0. The van der Waals surface area contributed by atoms with Gasteiger partial charge in [-0.3, -0.25) is 0 Å². The van der Waals surface area contributed by atoms with Crippen molar-refractivity contribution < 1.29 is 9.53 Å². The van der Waals surface area contributed by atoms with Crippen molar-refractivity contribution in [3.8, 4) is 0 Å². The van der Waals surface area contributed by atoms with E-state index in [0.717, 1.165) is 18.4 Å². The van der Waals surface area contributed by atoms with Gasteiger partial charge in [0.1, 0.15) is 0 Å².